The lowest BCUT2D eigenvalue weighted by Crippen LogP contribution is -2.22. The number of hydrogen-bond donors (Lipinski definition) is 0. The number of sulfonamides is 1. The van der Waals surface area contributed by atoms with Gasteiger partial charge in [0.15, 0.2) is 0 Å². The summed E-state index contributed by atoms with van der Waals surface area (Å²) in [6, 6.07) is 8.68. The van der Waals surface area contributed by atoms with Crippen molar-refractivity contribution in [3.8, 4) is 11.5 Å². The fraction of sp³-hybridized carbons (Fsp3) is 0.300. The van der Waals surface area contributed by atoms with Gasteiger partial charge in [-0.05, 0) is 36.8 Å². The first-order valence-corrected chi connectivity index (χ1v) is 12.1. The van der Waals surface area contributed by atoms with Crippen molar-refractivity contribution < 1.29 is 12.8 Å². The Kier molecular flexibility index (Phi) is 6.08. The molecular weight excluding hydrogens is 436 g/mol. The Hall–Kier alpha value is -2.76. The molecule has 0 saturated carbocycles. The van der Waals surface area contributed by atoms with E-state index >= 15 is 0 Å². The standard InChI is InChI=1S/C20H22N6O3S2/c1-4-11-26-17-6-5-15(31(27,28)25(2)3)12-16(17)22-18(26)13-30-20-24-23-19(29-20)14-7-9-21-10-8-14/h5-10,12H,4,11,13H2,1-3H3. The van der Waals surface area contributed by atoms with Crippen molar-refractivity contribution in [3.05, 3.63) is 48.5 Å². The molecule has 162 valence electrons. The third-order valence-electron chi connectivity index (χ3n) is 4.68. The van der Waals surface area contributed by atoms with Crippen molar-refractivity contribution in [2.75, 3.05) is 14.1 Å². The smallest absolute Gasteiger partial charge is 0.277 e. The molecule has 0 aliphatic rings. The van der Waals surface area contributed by atoms with E-state index in [1.165, 1.54) is 30.2 Å². The summed E-state index contributed by atoms with van der Waals surface area (Å²) in [7, 11) is -0.490. The molecule has 0 spiro atoms. The second-order valence-corrected chi connectivity index (χ2v) is 10.1. The molecule has 31 heavy (non-hydrogen) atoms. The minimum atomic E-state index is -3.52. The highest BCUT2D eigenvalue weighted by Gasteiger charge is 2.20. The van der Waals surface area contributed by atoms with Crippen molar-refractivity contribution in [1.82, 2.24) is 29.0 Å². The zero-order valence-electron chi connectivity index (χ0n) is 17.4. The van der Waals surface area contributed by atoms with E-state index in [-0.39, 0.29) is 4.90 Å². The molecule has 0 bridgehead atoms. The van der Waals surface area contributed by atoms with Gasteiger partial charge in [-0.3, -0.25) is 4.98 Å². The molecule has 0 atom stereocenters. The summed E-state index contributed by atoms with van der Waals surface area (Å²) in [4.78, 5) is 8.92. The van der Waals surface area contributed by atoms with Gasteiger partial charge in [-0.15, -0.1) is 10.2 Å². The fourth-order valence-corrected chi connectivity index (χ4v) is 4.75. The maximum absolute atomic E-state index is 12.5. The lowest BCUT2D eigenvalue weighted by Gasteiger charge is -2.11. The highest BCUT2D eigenvalue weighted by atomic mass is 32.2. The number of nitrogens with zero attached hydrogens (tertiary/aromatic N) is 6. The largest absolute Gasteiger partial charge is 0.411 e. The number of aromatic nitrogens is 5. The number of imidazole rings is 1. The van der Waals surface area contributed by atoms with Gasteiger partial charge in [0.25, 0.3) is 5.22 Å². The summed E-state index contributed by atoms with van der Waals surface area (Å²) < 4.78 is 34.0. The normalized spacial score (nSPS) is 12.1. The number of benzene rings is 1. The zero-order valence-corrected chi connectivity index (χ0v) is 19.0. The van der Waals surface area contributed by atoms with Crippen LogP contribution in [0.25, 0.3) is 22.5 Å². The van der Waals surface area contributed by atoms with E-state index in [0.29, 0.717) is 22.4 Å². The van der Waals surface area contributed by atoms with Gasteiger partial charge in [0, 0.05) is 38.6 Å². The Labute approximate surface area is 184 Å². The van der Waals surface area contributed by atoms with Gasteiger partial charge in [0.2, 0.25) is 15.9 Å². The second kappa shape index (κ2) is 8.77. The van der Waals surface area contributed by atoms with E-state index in [4.69, 9.17) is 9.40 Å². The predicted octanol–water partition coefficient (Wildman–Crippen LogP) is 3.43. The maximum Gasteiger partial charge on any atom is 0.277 e. The molecule has 11 heteroatoms. The molecule has 0 unspecified atom stereocenters. The van der Waals surface area contributed by atoms with E-state index in [1.54, 1.807) is 24.5 Å². The molecule has 0 radical (unpaired) electrons. The molecule has 0 aliphatic heterocycles. The molecule has 1 aromatic carbocycles. The SMILES string of the molecule is CCCn1c(CSc2nnc(-c3ccncc3)o2)nc2cc(S(=O)(=O)N(C)C)ccc21. The van der Waals surface area contributed by atoms with E-state index < -0.39 is 10.0 Å². The Bertz CT molecular complexity index is 1300. The first-order chi connectivity index (χ1) is 14.9. The molecule has 4 rings (SSSR count). The predicted molar refractivity (Wildman–Crippen MR) is 118 cm³/mol. The number of hydrogen-bond acceptors (Lipinski definition) is 8. The second-order valence-electron chi connectivity index (χ2n) is 7.02. The van der Waals surface area contributed by atoms with Crippen LogP contribution in [0.3, 0.4) is 0 Å². The molecule has 4 aromatic rings. The summed E-state index contributed by atoms with van der Waals surface area (Å²) in [6.45, 7) is 2.87. The van der Waals surface area contributed by atoms with Crippen LogP contribution in [0.2, 0.25) is 0 Å². The first kappa shape index (κ1) is 21.5. The van der Waals surface area contributed by atoms with Crippen molar-refractivity contribution in [2.24, 2.45) is 0 Å². The Morgan fingerprint density at radius 2 is 1.90 bits per heavy atom. The van der Waals surface area contributed by atoms with Crippen molar-refractivity contribution in [1.29, 1.82) is 0 Å². The molecular formula is C20H22N6O3S2. The monoisotopic (exact) mass is 458 g/mol. The van der Waals surface area contributed by atoms with Crippen LogP contribution in [0, 0.1) is 0 Å². The zero-order chi connectivity index (χ0) is 22.0. The van der Waals surface area contributed by atoms with Gasteiger partial charge in [0.05, 0.1) is 21.7 Å². The number of fused-ring (bicyclic) bond motifs is 1. The number of thioether (sulfide) groups is 1. The topological polar surface area (TPSA) is 107 Å². The molecule has 3 heterocycles. The summed E-state index contributed by atoms with van der Waals surface area (Å²) >= 11 is 1.39. The van der Waals surface area contributed by atoms with Crippen molar-refractivity contribution >= 4 is 32.8 Å². The minimum absolute atomic E-state index is 0.226. The van der Waals surface area contributed by atoms with Gasteiger partial charge in [-0.1, -0.05) is 18.7 Å². The van der Waals surface area contributed by atoms with Crippen LogP contribution in [-0.2, 0) is 22.3 Å². The van der Waals surface area contributed by atoms with Crippen LogP contribution in [0.5, 0.6) is 0 Å². The molecule has 9 nitrogen and oxygen atoms in total. The van der Waals surface area contributed by atoms with E-state index in [1.807, 2.05) is 18.2 Å². The van der Waals surface area contributed by atoms with Gasteiger partial charge >= 0.3 is 0 Å². The number of pyridine rings is 1. The molecule has 0 saturated heterocycles. The molecule has 3 aromatic heterocycles. The Morgan fingerprint density at radius 3 is 2.61 bits per heavy atom. The Balaban J connectivity index is 1.61. The van der Waals surface area contributed by atoms with Crippen molar-refractivity contribution in [2.45, 2.75) is 35.8 Å². The van der Waals surface area contributed by atoms with Gasteiger partial charge in [-0.25, -0.2) is 17.7 Å². The van der Waals surface area contributed by atoms with Crippen LogP contribution < -0.4 is 0 Å². The molecule has 0 fully saturated rings. The van der Waals surface area contributed by atoms with Crippen LogP contribution in [-0.4, -0.2) is 51.6 Å². The van der Waals surface area contributed by atoms with E-state index in [0.717, 1.165) is 29.9 Å². The maximum atomic E-state index is 12.5. The number of aryl methyl sites for hydroxylation is 1. The van der Waals surface area contributed by atoms with Crippen LogP contribution >= 0.6 is 11.8 Å². The average Bonchev–Trinajstić information content (AvgIpc) is 3.37. The van der Waals surface area contributed by atoms with Gasteiger partial charge in [0.1, 0.15) is 5.82 Å². The van der Waals surface area contributed by atoms with Crippen molar-refractivity contribution in [3.63, 3.8) is 0 Å². The number of rotatable bonds is 8. The summed E-state index contributed by atoms with van der Waals surface area (Å²) in [5.74, 6) is 1.78. The molecule has 0 amide bonds. The third-order valence-corrected chi connectivity index (χ3v) is 7.31. The van der Waals surface area contributed by atoms with E-state index in [9.17, 15) is 8.42 Å². The summed E-state index contributed by atoms with van der Waals surface area (Å²) in [6.07, 6.45) is 4.27. The van der Waals surface area contributed by atoms with Gasteiger partial charge in [-0.2, -0.15) is 0 Å². The first-order valence-electron chi connectivity index (χ1n) is 9.68. The van der Waals surface area contributed by atoms with E-state index in [2.05, 4.69) is 26.7 Å². The van der Waals surface area contributed by atoms with Gasteiger partial charge < -0.3 is 8.98 Å². The lowest BCUT2D eigenvalue weighted by molar-refractivity contribution is 0.465. The highest BCUT2D eigenvalue weighted by molar-refractivity contribution is 7.98. The third kappa shape index (κ3) is 4.34. The highest BCUT2D eigenvalue weighted by Crippen LogP contribution is 2.28. The summed E-state index contributed by atoms with van der Waals surface area (Å²) in [5, 5.41) is 8.64. The Morgan fingerprint density at radius 1 is 1.13 bits per heavy atom. The fourth-order valence-electron chi connectivity index (χ4n) is 3.12. The summed E-state index contributed by atoms with van der Waals surface area (Å²) in [5.41, 5.74) is 2.36. The average molecular weight is 459 g/mol. The minimum Gasteiger partial charge on any atom is -0.411 e. The van der Waals surface area contributed by atoms with Crippen LogP contribution in [0.15, 0.2) is 57.3 Å². The van der Waals surface area contributed by atoms with Crippen LogP contribution in [0.1, 0.15) is 19.2 Å². The lowest BCUT2D eigenvalue weighted by atomic mass is 10.3. The quantitative estimate of drug-likeness (QED) is 0.370. The molecule has 0 N–H and O–H groups in total. The van der Waals surface area contributed by atoms with Crippen LogP contribution in [0.4, 0.5) is 0 Å². The molecule has 0 aliphatic carbocycles.